The fourth-order valence-electron chi connectivity index (χ4n) is 3.04. The summed E-state index contributed by atoms with van der Waals surface area (Å²) >= 11 is 0. The number of alkyl halides is 3. The molecule has 174 valence electrons. The molecule has 1 aromatic carbocycles. The van der Waals surface area contributed by atoms with E-state index in [1.54, 1.807) is 13.0 Å². The molecule has 2 aromatic heterocycles. The third-order valence-corrected chi connectivity index (χ3v) is 4.85. The van der Waals surface area contributed by atoms with Crippen LogP contribution in [0.3, 0.4) is 0 Å². The van der Waals surface area contributed by atoms with Gasteiger partial charge >= 0.3 is 11.9 Å². The summed E-state index contributed by atoms with van der Waals surface area (Å²) in [5.74, 6) is -0.247. The molecule has 0 N–H and O–H groups in total. The largest absolute Gasteiger partial charge is 0.464 e. The lowest BCUT2D eigenvalue weighted by atomic mass is 10.1. The van der Waals surface area contributed by atoms with Gasteiger partial charge in [-0.15, -0.1) is 5.10 Å². The van der Waals surface area contributed by atoms with Crippen molar-refractivity contribution in [1.29, 1.82) is 5.26 Å². The molecule has 0 aliphatic carbocycles. The first kappa shape index (κ1) is 24.0. The Morgan fingerprint density at radius 3 is 2.52 bits per heavy atom. The molecular weight excluding hydrogens is 439 g/mol. The zero-order valence-electron chi connectivity index (χ0n) is 18.3. The minimum Gasteiger partial charge on any atom is -0.464 e. The average Bonchev–Trinajstić information content (AvgIpc) is 3.08. The van der Waals surface area contributed by atoms with Gasteiger partial charge in [-0.3, -0.25) is 4.57 Å². The highest BCUT2D eigenvalue weighted by molar-refractivity contribution is 5.48. The van der Waals surface area contributed by atoms with Crippen molar-refractivity contribution >= 4 is 0 Å². The van der Waals surface area contributed by atoms with Gasteiger partial charge in [-0.05, 0) is 38.0 Å². The Morgan fingerprint density at radius 1 is 1.21 bits per heavy atom. The average molecular weight is 461 g/mol. The molecule has 0 fully saturated rings. The van der Waals surface area contributed by atoms with E-state index in [9.17, 15) is 23.2 Å². The maximum Gasteiger partial charge on any atom is 0.425 e. The molecule has 0 bridgehead atoms. The van der Waals surface area contributed by atoms with Gasteiger partial charge in [-0.2, -0.15) is 28.1 Å². The molecule has 1 unspecified atom stereocenters. The monoisotopic (exact) mass is 461 g/mol. The van der Waals surface area contributed by atoms with Crippen molar-refractivity contribution in [1.82, 2.24) is 19.3 Å². The molecule has 1 atom stereocenters. The summed E-state index contributed by atoms with van der Waals surface area (Å²) in [5, 5.41) is 13.6. The van der Waals surface area contributed by atoms with Crippen LogP contribution in [0.25, 0.3) is 5.82 Å². The number of benzene rings is 1. The number of hydrogen-bond acceptors (Lipinski definition) is 6. The number of hydrogen-bond donors (Lipinski definition) is 0. The predicted octanol–water partition coefficient (Wildman–Crippen LogP) is 3.68. The lowest BCUT2D eigenvalue weighted by Crippen LogP contribution is -2.32. The number of rotatable bonds is 8. The van der Waals surface area contributed by atoms with E-state index < -0.39 is 23.8 Å². The van der Waals surface area contributed by atoms with Gasteiger partial charge < -0.3 is 9.47 Å². The molecule has 3 aromatic rings. The van der Waals surface area contributed by atoms with E-state index in [0.29, 0.717) is 24.5 Å². The van der Waals surface area contributed by atoms with Crippen molar-refractivity contribution in [3.63, 3.8) is 0 Å². The summed E-state index contributed by atoms with van der Waals surface area (Å²) in [4.78, 5) is 16.9. The Balaban J connectivity index is 1.93. The fraction of sp³-hybridized carbons (Fsp3) is 0.364. The molecular formula is C22H22F3N5O3. The molecule has 3 rings (SSSR count). The Bertz CT molecular complexity index is 1210. The maximum atomic E-state index is 13.0. The number of nitrogens with zero attached hydrogens (tertiary/aromatic N) is 5. The molecule has 8 nitrogen and oxygen atoms in total. The Hall–Kier alpha value is -3.65. The molecule has 0 spiro atoms. The van der Waals surface area contributed by atoms with E-state index in [2.05, 4.69) is 10.1 Å². The lowest BCUT2D eigenvalue weighted by Gasteiger charge is -2.18. The Kier molecular flexibility index (Phi) is 7.18. The number of nitriles is 1. The molecule has 33 heavy (non-hydrogen) atoms. The fourth-order valence-corrected chi connectivity index (χ4v) is 3.04. The second-order valence-electron chi connectivity index (χ2n) is 7.22. The second kappa shape index (κ2) is 9.87. The van der Waals surface area contributed by atoms with Crippen LogP contribution < -0.4 is 10.4 Å². The zero-order chi connectivity index (χ0) is 24.2. The minimum atomic E-state index is -4.65. The summed E-state index contributed by atoms with van der Waals surface area (Å²) < 4.78 is 51.9. The third-order valence-electron chi connectivity index (χ3n) is 4.85. The lowest BCUT2D eigenvalue weighted by molar-refractivity contribution is -0.190. The van der Waals surface area contributed by atoms with Crippen molar-refractivity contribution in [2.75, 3.05) is 0 Å². The summed E-state index contributed by atoms with van der Waals surface area (Å²) in [6.07, 6.45) is -6.85. The van der Waals surface area contributed by atoms with Gasteiger partial charge in [0.2, 0.25) is 5.88 Å². The topological polar surface area (TPSA) is 95.0 Å². The molecule has 2 heterocycles. The van der Waals surface area contributed by atoms with Crippen LogP contribution in [0, 0.1) is 18.3 Å². The number of halogens is 3. The van der Waals surface area contributed by atoms with Crippen molar-refractivity contribution in [2.45, 2.75) is 52.8 Å². The van der Waals surface area contributed by atoms with Crippen molar-refractivity contribution in [3.8, 4) is 17.8 Å². The highest BCUT2D eigenvalue weighted by Gasteiger charge is 2.39. The van der Waals surface area contributed by atoms with Crippen molar-refractivity contribution < 1.29 is 22.6 Å². The van der Waals surface area contributed by atoms with Gasteiger partial charge in [0.1, 0.15) is 18.2 Å². The molecule has 0 saturated carbocycles. The highest BCUT2D eigenvalue weighted by Crippen LogP contribution is 2.28. The Morgan fingerprint density at radius 2 is 1.91 bits per heavy atom. The van der Waals surface area contributed by atoms with Gasteiger partial charge in [0, 0.05) is 6.54 Å². The van der Waals surface area contributed by atoms with E-state index in [1.165, 1.54) is 17.6 Å². The predicted molar refractivity (Wildman–Crippen MR) is 112 cm³/mol. The van der Waals surface area contributed by atoms with E-state index in [0.717, 1.165) is 17.2 Å². The van der Waals surface area contributed by atoms with Crippen LogP contribution in [0.15, 0.2) is 41.2 Å². The first-order valence-corrected chi connectivity index (χ1v) is 10.1. The van der Waals surface area contributed by atoms with Gasteiger partial charge in [0.25, 0.3) is 0 Å². The molecule has 0 amide bonds. The van der Waals surface area contributed by atoms with E-state index in [-0.39, 0.29) is 18.0 Å². The molecule has 0 saturated heterocycles. The van der Waals surface area contributed by atoms with Crippen LogP contribution in [0.5, 0.6) is 5.88 Å². The number of ether oxygens (including phenoxy) is 2. The number of pyridine rings is 1. The van der Waals surface area contributed by atoms with Crippen LogP contribution in [0.2, 0.25) is 0 Å². The van der Waals surface area contributed by atoms with E-state index in [4.69, 9.17) is 9.47 Å². The van der Waals surface area contributed by atoms with Gasteiger partial charge in [0.15, 0.2) is 17.7 Å². The summed E-state index contributed by atoms with van der Waals surface area (Å²) in [5.41, 5.74) is 0.561. The molecule has 11 heteroatoms. The van der Waals surface area contributed by atoms with Gasteiger partial charge in [-0.25, -0.2) is 4.79 Å². The summed E-state index contributed by atoms with van der Waals surface area (Å²) in [6.45, 7) is 4.73. The van der Waals surface area contributed by atoms with Gasteiger partial charge in [0.05, 0.1) is 6.61 Å². The van der Waals surface area contributed by atoms with Crippen LogP contribution in [0.4, 0.5) is 13.2 Å². The van der Waals surface area contributed by atoms with Crippen LogP contribution >= 0.6 is 0 Å². The smallest absolute Gasteiger partial charge is 0.425 e. The first-order valence-electron chi connectivity index (χ1n) is 10.1. The van der Waals surface area contributed by atoms with E-state index >= 15 is 0 Å². The zero-order valence-corrected chi connectivity index (χ0v) is 18.3. The SMILES string of the molecule is CCn1c(COCc2ccccc2)nn(-c2cc(C)c(C#N)c(OC(C)C(F)(F)F)n2)c1=O. The first-order chi connectivity index (χ1) is 15.7. The number of aryl methyl sites for hydroxylation is 1. The molecule has 0 aliphatic heterocycles. The highest BCUT2D eigenvalue weighted by atomic mass is 19.4. The Labute approximate surface area is 187 Å². The van der Waals surface area contributed by atoms with Crippen LogP contribution in [-0.2, 0) is 24.5 Å². The molecule has 0 aliphatic rings. The third kappa shape index (κ3) is 5.40. The minimum absolute atomic E-state index is 0.0364. The van der Waals surface area contributed by atoms with Crippen LogP contribution in [0.1, 0.15) is 36.4 Å². The van der Waals surface area contributed by atoms with Gasteiger partial charge in [-0.1, -0.05) is 30.3 Å². The van der Waals surface area contributed by atoms with Crippen molar-refractivity contribution in [2.24, 2.45) is 0 Å². The quantitative estimate of drug-likeness (QED) is 0.508. The maximum absolute atomic E-state index is 13.0. The summed E-state index contributed by atoms with van der Waals surface area (Å²) in [7, 11) is 0. The van der Waals surface area contributed by atoms with Crippen molar-refractivity contribution in [3.05, 3.63) is 69.4 Å². The standard InChI is InChI=1S/C22H22F3N5O3/c1-4-29-19(13-32-12-16-8-6-5-7-9-16)28-30(21(29)31)18-10-14(2)17(11-26)20(27-18)33-15(3)22(23,24)25/h5-10,15H,4,12-13H2,1-3H3. The second-order valence-corrected chi connectivity index (χ2v) is 7.22. The number of aromatic nitrogens is 4. The van der Waals surface area contributed by atoms with E-state index in [1.807, 2.05) is 30.3 Å². The summed E-state index contributed by atoms with van der Waals surface area (Å²) in [6, 6.07) is 12.6. The molecule has 0 radical (unpaired) electrons. The van der Waals surface area contributed by atoms with Crippen LogP contribution in [-0.4, -0.2) is 31.6 Å². The normalized spacial score (nSPS) is 12.4.